The number of sulfonamides is 1. The van der Waals surface area contributed by atoms with Crippen LogP contribution in [0.5, 0.6) is 0 Å². The van der Waals surface area contributed by atoms with Crippen LogP contribution in [0.15, 0.2) is 77.7 Å². The molecule has 0 unspecified atom stereocenters. The van der Waals surface area contributed by atoms with Gasteiger partial charge in [0, 0.05) is 45.2 Å². The second-order valence-electron chi connectivity index (χ2n) is 9.12. The molecular weight excluding hydrogens is 460 g/mol. The van der Waals surface area contributed by atoms with Gasteiger partial charge >= 0.3 is 0 Å². The van der Waals surface area contributed by atoms with E-state index in [-0.39, 0.29) is 22.6 Å². The van der Waals surface area contributed by atoms with Gasteiger partial charge in [0.1, 0.15) is 0 Å². The summed E-state index contributed by atoms with van der Waals surface area (Å²) >= 11 is 0. The number of carbonyl (C=O) groups is 1. The predicted octanol–water partition coefficient (Wildman–Crippen LogP) is 3.18. The molecule has 1 saturated heterocycles. The molecule has 0 bridgehead atoms. The molecule has 2 atom stereocenters. The Bertz CT molecular complexity index is 1380. The Morgan fingerprint density at radius 1 is 1.06 bits per heavy atom. The Morgan fingerprint density at radius 2 is 1.77 bits per heavy atom. The van der Waals surface area contributed by atoms with Crippen molar-refractivity contribution in [3.63, 3.8) is 0 Å². The summed E-state index contributed by atoms with van der Waals surface area (Å²) in [4.78, 5) is 17.0. The quantitative estimate of drug-likeness (QED) is 0.573. The first-order chi connectivity index (χ1) is 16.7. The molecule has 35 heavy (non-hydrogen) atoms. The second-order valence-corrected chi connectivity index (χ2v) is 10.6. The average Bonchev–Trinajstić information content (AvgIpc) is 3.27. The SMILES string of the molecule is CN(C)C(=O)[C@@H]1CN(Cc2ccc(-c3ccccc3S(N)(=O)=O)cc2)C[C@H]1c1cccc(C#N)c1. The smallest absolute Gasteiger partial charge is 0.238 e. The van der Waals surface area contributed by atoms with Gasteiger partial charge < -0.3 is 4.90 Å². The van der Waals surface area contributed by atoms with Gasteiger partial charge in [-0.25, -0.2) is 13.6 Å². The molecule has 1 aliphatic heterocycles. The van der Waals surface area contributed by atoms with Crippen molar-refractivity contribution in [1.29, 1.82) is 5.26 Å². The van der Waals surface area contributed by atoms with E-state index in [2.05, 4.69) is 11.0 Å². The maximum absolute atomic E-state index is 13.0. The Labute approximate surface area is 206 Å². The van der Waals surface area contributed by atoms with Gasteiger partial charge in [-0.05, 0) is 34.9 Å². The van der Waals surface area contributed by atoms with Crippen molar-refractivity contribution in [2.24, 2.45) is 11.1 Å². The van der Waals surface area contributed by atoms with Gasteiger partial charge in [-0.1, -0.05) is 54.6 Å². The number of nitriles is 1. The number of nitrogens with zero attached hydrogens (tertiary/aromatic N) is 3. The first kappa shape index (κ1) is 24.6. The number of rotatable bonds is 6. The van der Waals surface area contributed by atoms with Gasteiger partial charge in [-0.15, -0.1) is 0 Å². The van der Waals surface area contributed by atoms with Crippen LogP contribution in [0.3, 0.4) is 0 Å². The number of hydrogen-bond acceptors (Lipinski definition) is 5. The zero-order valence-electron chi connectivity index (χ0n) is 19.8. The highest BCUT2D eigenvalue weighted by atomic mass is 32.2. The molecule has 1 aliphatic rings. The van der Waals surface area contributed by atoms with E-state index in [4.69, 9.17) is 5.14 Å². The molecule has 0 spiro atoms. The van der Waals surface area contributed by atoms with Crippen molar-refractivity contribution in [3.05, 3.63) is 89.5 Å². The zero-order chi connectivity index (χ0) is 25.2. The van der Waals surface area contributed by atoms with E-state index in [9.17, 15) is 18.5 Å². The minimum absolute atomic E-state index is 0.000823. The van der Waals surface area contributed by atoms with Crippen molar-refractivity contribution in [1.82, 2.24) is 9.80 Å². The Kier molecular flexibility index (Phi) is 7.03. The molecule has 0 aromatic heterocycles. The molecule has 0 saturated carbocycles. The summed E-state index contributed by atoms with van der Waals surface area (Å²) < 4.78 is 23.9. The van der Waals surface area contributed by atoms with E-state index in [0.717, 1.165) is 16.7 Å². The fourth-order valence-electron chi connectivity index (χ4n) is 4.77. The topological polar surface area (TPSA) is 108 Å². The number of carbonyl (C=O) groups excluding carboxylic acids is 1. The van der Waals surface area contributed by atoms with Gasteiger partial charge in [0.2, 0.25) is 15.9 Å². The second kappa shape index (κ2) is 10.0. The molecule has 0 aliphatic carbocycles. The highest BCUT2D eigenvalue weighted by Gasteiger charge is 2.39. The van der Waals surface area contributed by atoms with Crippen LogP contribution in [0.2, 0.25) is 0 Å². The van der Waals surface area contributed by atoms with Crippen LogP contribution in [-0.2, 0) is 21.4 Å². The maximum atomic E-state index is 13.0. The van der Waals surface area contributed by atoms with Crippen molar-refractivity contribution in [3.8, 4) is 17.2 Å². The number of nitrogens with two attached hydrogens (primary N) is 1. The Hall–Kier alpha value is -3.51. The fraction of sp³-hybridized carbons (Fsp3) is 0.259. The summed E-state index contributed by atoms with van der Waals surface area (Å²) in [5.74, 6) is -0.117. The standard InChI is InChI=1S/C27H28N4O3S/c1-30(2)27(32)25-18-31(17-24(25)22-7-5-6-20(14-22)15-28)16-19-10-12-21(13-11-19)23-8-3-4-9-26(23)35(29,33)34/h3-14,24-25H,16-18H2,1-2H3,(H2,29,33,34)/t24-,25+/m0/s1. The first-order valence-electron chi connectivity index (χ1n) is 11.3. The molecular formula is C27H28N4O3S. The maximum Gasteiger partial charge on any atom is 0.238 e. The van der Waals surface area contributed by atoms with Crippen LogP contribution < -0.4 is 5.14 Å². The van der Waals surface area contributed by atoms with Gasteiger partial charge in [0.05, 0.1) is 22.4 Å². The predicted molar refractivity (Wildman–Crippen MR) is 135 cm³/mol. The third-order valence-corrected chi connectivity index (χ3v) is 7.43. The highest BCUT2D eigenvalue weighted by Crippen LogP contribution is 2.35. The van der Waals surface area contributed by atoms with Crippen LogP contribution in [0.1, 0.15) is 22.6 Å². The molecule has 4 rings (SSSR count). The molecule has 1 amide bonds. The lowest BCUT2D eigenvalue weighted by molar-refractivity contribution is -0.132. The Balaban J connectivity index is 1.56. The van der Waals surface area contributed by atoms with Gasteiger partial charge in [-0.2, -0.15) is 5.26 Å². The van der Waals surface area contributed by atoms with Crippen LogP contribution in [0.25, 0.3) is 11.1 Å². The summed E-state index contributed by atoms with van der Waals surface area (Å²) in [6.45, 7) is 1.98. The molecule has 180 valence electrons. The van der Waals surface area contributed by atoms with Crippen molar-refractivity contribution in [2.75, 3.05) is 27.2 Å². The minimum Gasteiger partial charge on any atom is -0.349 e. The number of primary sulfonamides is 1. The van der Waals surface area contributed by atoms with Gasteiger partial charge in [0.25, 0.3) is 0 Å². The molecule has 1 heterocycles. The summed E-state index contributed by atoms with van der Waals surface area (Å²) in [5, 5.41) is 14.7. The largest absolute Gasteiger partial charge is 0.349 e. The minimum atomic E-state index is -3.83. The number of likely N-dealkylation sites (tertiary alicyclic amines) is 1. The van der Waals surface area contributed by atoms with Gasteiger partial charge in [0.15, 0.2) is 0 Å². The zero-order valence-corrected chi connectivity index (χ0v) is 20.6. The third-order valence-electron chi connectivity index (χ3n) is 6.46. The Morgan fingerprint density at radius 3 is 2.43 bits per heavy atom. The molecule has 3 aromatic carbocycles. The van der Waals surface area contributed by atoms with E-state index < -0.39 is 10.0 Å². The summed E-state index contributed by atoms with van der Waals surface area (Å²) in [5.41, 5.74) is 3.99. The summed E-state index contributed by atoms with van der Waals surface area (Å²) in [7, 11) is -0.294. The van der Waals surface area contributed by atoms with Crippen LogP contribution >= 0.6 is 0 Å². The van der Waals surface area contributed by atoms with Crippen molar-refractivity contribution < 1.29 is 13.2 Å². The number of hydrogen-bond donors (Lipinski definition) is 1. The summed E-state index contributed by atoms with van der Waals surface area (Å²) in [6, 6.07) is 24.1. The third kappa shape index (κ3) is 5.43. The highest BCUT2D eigenvalue weighted by molar-refractivity contribution is 7.89. The normalized spacial score (nSPS) is 18.2. The first-order valence-corrected chi connectivity index (χ1v) is 12.9. The average molecular weight is 489 g/mol. The number of benzene rings is 3. The lowest BCUT2D eigenvalue weighted by Gasteiger charge is -2.21. The molecule has 0 radical (unpaired) electrons. The van der Waals surface area contributed by atoms with Crippen molar-refractivity contribution in [2.45, 2.75) is 17.4 Å². The van der Waals surface area contributed by atoms with E-state index in [0.29, 0.717) is 30.8 Å². The molecule has 7 nitrogen and oxygen atoms in total. The molecule has 8 heteroatoms. The van der Waals surface area contributed by atoms with E-state index >= 15 is 0 Å². The van der Waals surface area contributed by atoms with Crippen molar-refractivity contribution >= 4 is 15.9 Å². The number of amides is 1. The van der Waals surface area contributed by atoms with E-state index in [1.54, 1.807) is 43.3 Å². The van der Waals surface area contributed by atoms with Gasteiger partial charge in [-0.3, -0.25) is 9.69 Å². The van der Waals surface area contributed by atoms with Crippen LogP contribution in [0.4, 0.5) is 0 Å². The van der Waals surface area contributed by atoms with E-state index in [1.165, 1.54) is 6.07 Å². The lowest BCUT2D eigenvalue weighted by atomic mass is 9.87. The monoisotopic (exact) mass is 488 g/mol. The van der Waals surface area contributed by atoms with Crippen LogP contribution in [0, 0.1) is 17.2 Å². The summed E-state index contributed by atoms with van der Waals surface area (Å²) in [6.07, 6.45) is 0. The molecule has 3 aromatic rings. The van der Waals surface area contributed by atoms with E-state index in [1.807, 2.05) is 42.5 Å². The molecule has 1 fully saturated rings. The fourth-order valence-corrected chi connectivity index (χ4v) is 5.53. The van der Waals surface area contributed by atoms with Crippen LogP contribution in [-0.4, -0.2) is 51.3 Å². The molecule has 2 N–H and O–H groups in total. The lowest BCUT2D eigenvalue weighted by Crippen LogP contribution is -2.33.